The van der Waals surface area contributed by atoms with Gasteiger partial charge in [-0.15, -0.1) is 0 Å². The van der Waals surface area contributed by atoms with E-state index in [-0.39, 0.29) is 24.1 Å². The second kappa shape index (κ2) is 5.39. The Morgan fingerprint density at radius 3 is 2.61 bits per heavy atom. The molecule has 4 unspecified atom stereocenters. The first-order chi connectivity index (χ1) is 11.1. The summed E-state index contributed by atoms with van der Waals surface area (Å²) in [6, 6.07) is 11.3. The maximum Gasteiger partial charge on any atom is 0.312 e. The van der Waals surface area contributed by atoms with Gasteiger partial charge in [-0.2, -0.15) is 0 Å². The molecule has 3 fully saturated rings. The van der Waals surface area contributed by atoms with Crippen LogP contribution in [-0.4, -0.2) is 29.4 Å². The van der Waals surface area contributed by atoms with E-state index in [0.29, 0.717) is 11.9 Å². The van der Waals surface area contributed by atoms with Crippen molar-refractivity contribution in [1.29, 1.82) is 0 Å². The molecule has 3 saturated heterocycles. The number of aromatic hydroxyl groups is 1. The van der Waals surface area contributed by atoms with Gasteiger partial charge in [-0.05, 0) is 41.0 Å². The molecule has 0 aliphatic carbocycles. The van der Waals surface area contributed by atoms with Gasteiger partial charge in [-0.1, -0.05) is 30.9 Å². The minimum Gasteiger partial charge on any atom is -0.508 e. The van der Waals surface area contributed by atoms with Crippen molar-refractivity contribution in [3.05, 3.63) is 48.5 Å². The maximum atomic E-state index is 11.0. The molecule has 1 N–H and O–H groups in total. The van der Waals surface area contributed by atoms with Gasteiger partial charge in [0.25, 0.3) is 0 Å². The van der Waals surface area contributed by atoms with Crippen molar-refractivity contribution in [3.8, 4) is 5.75 Å². The molecule has 2 aromatic rings. The van der Waals surface area contributed by atoms with Gasteiger partial charge in [0.15, 0.2) is 0 Å². The second-order valence-electron chi connectivity index (χ2n) is 6.27. The summed E-state index contributed by atoms with van der Waals surface area (Å²) in [5, 5.41) is 11.4. The Morgan fingerprint density at radius 1 is 1.13 bits per heavy atom. The van der Waals surface area contributed by atoms with E-state index in [9.17, 15) is 9.90 Å². The van der Waals surface area contributed by atoms with Gasteiger partial charge >= 0.3 is 5.97 Å². The molecule has 3 heterocycles. The van der Waals surface area contributed by atoms with Crippen LogP contribution in [0.4, 0.5) is 0 Å². The molecular formula is C19H18O4. The lowest BCUT2D eigenvalue weighted by molar-refractivity contribution is -0.143. The SMILES string of the molecule is C=Cc1ccc2cc(O)ccc2c1.O=C1OC2CC3CC1C2O3. The number of phenols is 1. The molecule has 4 heteroatoms. The highest BCUT2D eigenvalue weighted by Gasteiger charge is 2.57. The number of hydrogen-bond donors (Lipinski definition) is 1. The molecule has 0 spiro atoms. The van der Waals surface area contributed by atoms with Gasteiger partial charge in [0.05, 0.1) is 12.0 Å². The van der Waals surface area contributed by atoms with Crippen LogP contribution in [0.5, 0.6) is 5.75 Å². The first-order valence-corrected chi connectivity index (χ1v) is 7.85. The molecule has 2 bridgehead atoms. The standard InChI is InChI=1S/C12H10O.C7H8O3/c1-2-9-3-4-11-8-12(13)6-5-10(11)7-9;8-7-4-1-3-2-5(10-7)6(4)9-3/h2-8,13H,1H2;3-6H,1-2H2. The Labute approximate surface area is 134 Å². The summed E-state index contributed by atoms with van der Waals surface area (Å²) in [6.07, 6.45) is 4.21. The van der Waals surface area contributed by atoms with Gasteiger partial charge in [-0.3, -0.25) is 4.79 Å². The van der Waals surface area contributed by atoms with Crippen molar-refractivity contribution >= 4 is 22.8 Å². The molecule has 0 aromatic heterocycles. The number of carbonyl (C=O) groups excluding carboxylic acids is 1. The van der Waals surface area contributed by atoms with Crippen LogP contribution in [0.3, 0.4) is 0 Å². The quantitative estimate of drug-likeness (QED) is 0.821. The Bertz CT molecular complexity index is 780. The molecule has 0 amide bonds. The molecule has 0 radical (unpaired) electrons. The molecule has 23 heavy (non-hydrogen) atoms. The molecule has 3 aliphatic heterocycles. The molecule has 2 aromatic carbocycles. The van der Waals surface area contributed by atoms with E-state index in [4.69, 9.17) is 9.47 Å². The Hall–Kier alpha value is -2.33. The van der Waals surface area contributed by atoms with Gasteiger partial charge < -0.3 is 14.6 Å². The Balaban J connectivity index is 0.000000121. The highest BCUT2D eigenvalue weighted by atomic mass is 16.6. The topological polar surface area (TPSA) is 55.8 Å². The van der Waals surface area contributed by atoms with E-state index in [1.165, 1.54) is 0 Å². The largest absolute Gasteiger partial charge is 0.508 e. The Morgan fingerprint density at radius 2 is 1.91 bits per heavy atom. The van der Waals surface area contributed by atoms with Crippen LogP contribution >= 0.6 is 0 Å². The number of rotatable bonds is 1. The van der Waals surface area contributed by atoms with E-state index in [0.717, 1.165) is 29.2 Å². The lowest BCUT2D eigenvalue weighted by Crippen LogP contribution is -2.22. The van der Waals surface area contributed by atoms with Crippen LogP contribution in [0, 0.1) is 5.92 Å². The third kappa shape index (κ3) is 2.49. The van der Waals surface area contributed by atoms with Crippen molar-refractivity contribution in [2.45, 2.75) is 31.2 Å². The molecule has 4 nitrogen and oxygen atoms in total. The van der Waals surface area contributed by atoms with Crippen LogP contribution in [0.2, 0.25) is 0 Å². The summed E-state index contributed by atoms with van der Waals surface area (Å²) < 4.78 is 10.6. The maximum absolute atomic E-state index is 11.0. The van der Waals surface area contributed by atoms with Crippen LogP contribution in [0.15, 0.2) is 43.0 Å². The van der Waals surface area contributed by atoms with Gasteiger partial charge in [0.1, 0.15) is 18.0 Å². The molecular weight excluding hydrogens is 292 g/mol. The minimum absolute atomic E-state index is 0.0324. The van der Waals surface area contributed by atoms with Crippen LogP contribution in [0.1, 0.15) is 18.4 Å². The van der Waals surface area contributed by atoms with E-state index < -0.39 is 0 Å². The fourth-order valence-electron chi connectivity index (χ4n) is 3.64. The van der Waals surface area contributed by atoms with Crippen molar-refractivity contribution in [2.75, 3.05) is 0 Å². The van der Waals surface area contributed by atoms with E-state index in [2.05, 4.69) is 6.58 Å². The number of benzene rings is 2. The lowest BCUT2D eigenvalue weighted by atomic mass is 9.90. The zero-order chi connectivity index (χ0) is 16.0. The normalized spacial score (nSPS) is 30.0. The monoisotopic (exact) mass is 310 g/mol. The highest BCUT2D eigenvalue weighted by Crippen LogP contribution is 2.45. The summed E-state index contributed by atoms with van der Waals surface area (Å²) in [4.78, 5) is 11.0. The summed E-state index contributed by atoms with van der Waals surface area (Å²) in [5.74, 6) is 0.359. The fourth-order valence-corrected chi connectivity index (χ4v) is 3.64. The van der Waals surface area contributed by atoms with Crippen molar-refractivity contribution in [1.82, 2.24) is 0 Å². The molecule has 118 valence electrons. The number of esters is 1. The number of carbonyl (C=O) groups is 1. The van der Waals surface area contributed by atoms with Crippen LogP contribution in [0.25, 0.3) is 16.8 Å². The third-order valence-electron chi connectivity index (χ3n) is 4.78. The summed E-state index contributed by atoms with van der Waals surface area (Å²) >= 11 is 0. The number of fused-ring (bicyclic) bond motifs is 2. The summed E-state index contributed by atoms with van der Waals surface area (Å²) in [6.45, 7) is 3.71. The van der Waals surface area contributed by atoms with Gasteiger partial charge in [0, 0.05) is 6.42 Å². The van der Waals surface area contributed by atoms with Crippen molar-refractivity contribution < 1.29 is 19.4 Å². The smallest absolute Gasteiger partial charge is 0.312 e. The minimum atomic E-state index is -0.0324. The predicted octanol–water partition coefficient (Wildman–Crippen LogP) is 3.28. The van der Waals surface area contributed by atoms with E-state index >= 15 is 0 Å². The average Bonchev–Trinajstić information content (AvgIpc) is 3.18. The number of phenolic OH excluding ortho intramolecular Hbond substituents is 1. The van der Waals surface area contributed by atoms with E-state index in [1.54, 1.807) is 12.1 Å². The van der Waals surface area contributed by atoms with Crippen LogP contribution < -0.4 is 0 Å². The highest BCUT2D eigenvalue weighted by molar-refractivity contribution is 5.85. The zero-order valence-electron chi connectivity index (χ0n) is 12.6. The van der Waals surface area contributed by atoms with Crippen LogP contribution in [-0.2, 0) is 14.3 Å². The summed E-state index contributed by atoms with van der Waals surface area (Å²) in [5.41, 5.74) is 1.10. The van der Waals surface area contributed by atoms with Gasteiger partial charge in [-0.25, -0.2) is 0 Å². The molecule has 5 rings (SSSR count). The first kappa shape index (κ1) is 14.3. The predicted molar refractivity (Wildman–Crippen MR) is 87.0 cm³/mol. The second-order valence-corrected chi connectivity index (χ2v) is 6.27. The molecule has 3 aliphatic rings. The van der Waals surface area contributed by atoms with Crippen molar-refractivity contribution in [2.24, 2.45) is 5.92 Å². The third-order valence-corrected chi connectivity index (χ3v) is 4.78. The number of hydrogen-bond acceptors (Lipinski definition) is 4. The fraction of sp³-hybridized carbons (Fsp3) is 0.316. The number of ether oxygens (including phenoxy) is 2. The average molecular weight is 310 g/mol. The first-order valence-electron chi connectivity index (χ1n) is 7.85. The van der Waals surface area contributed by atoms with E-state index in [1.807, 2.05) is 30.3 Å². The zero-order valence-corrected chi connectivity index (χ0v) is 12.6. The molecule has 4 atom stereocenters. The molecule has 0 saturated carbocycles. The lowest BCUT2D eigenvalue weighted by Gasteiger charge is -2.07. The Kier molecular flexibility index (Phi) is 3.34. The van der Waals surface area contributed by atoms with Crippen molar-refractivity contribution in [3.63, 3.8) is 0 Å². The van der Waals surface area contributed by atoms with Gasteiger partial charge in [0.2, 0.25) is 0 Å². The summed E-state index contributed by atoms with van der Waals surface area (Å²) in [7, 11) is 0.